The molecule has 0 saturated heterocycles. The first-order chi connectivity index (χ1) is 6.77. The molecule has 2 rings (SSSR count). The first-order valence-electron chi connectivity index (χ1n) is 5.40. The number of hydrogen-bond donors (Lipinski definition) is 0. The maximum Gasteiger partial charge on any atom is 0.0320 e. The van der Waals surface area contributed by atoms with Crippen LogP contribution >= 0.6 is 11.6 Å². The highest BCUT2D eigenvalue weighted by molar-refractivity contribution is 6.18. The highest BCUT2D eigenvalue weighted by Crippen LogP contribution is 2.41. The summed E-state index contributed by atoms with van der Waals surface area (Å²) < 4.78 is 0. The monoisotopic (exact) mass is 208 g/mol. The third-order valence-electron chi connectivity index (χ3n) is 3.48. The Morgan fingerprint density at radius 1 is 1.14 bits per heavy atom. The molecule has 0 nitrogen and oxygen atoms in total. The second-order valence-electron chi connectivity index (χ2n) is 4.49. The molecule has 0 bridgehead atoms. The van der Waals surface area contributed by atoms with Crippen molar-refractivity contribution >= 4 is 11.6 Å². The third-order valence-corrected chi connectivity index (χ3v) is 3.99. The van der Waals surface area contributed by atoms with Crippen molar-refractivity contribution in [1.82, 2.24) is 0 Å². The minimum atomic E-state index is 0.287. The molecule has 1 aromatic carbocycles. The van der Waals surface area contributed by atoms with Crippen molar-refractivity contribution in [3.63, 3.8) is 0 Å². The van der Waals surface area contributed by atoms with Crippen molar-refractivity contribution in [2.45, 2.75) is 38.0 Å². The first-order valence-corrected chi connectivity index (χ1v) is 5.93. The SMILES string of the molecule is Cc1ccc(C2(CCl)CCCC2)cc1. The minimum absolute atomic E-state index is 0.287. The zero-order valence-electron chi connectivity index (χ0n) is 8.72. The van der Waals surface area contributed by atoms with Crippen LogP contribution in [0.2, 0.25) is 0 Å². The van der Waals surface area contributed by atoms with Gasteiger partial charge in [-0.25, -0.2) is 0 Å². The van der Waals surface area contributed by atoms with Crippen LogP contribution < -0.4 is 0 Å². The van der Waals surface area contributed by atoms with E-state index in [1.54, 1.807) is 0 Å². The van der Waals surface area contributed by atoms with E-state index in [0.29, 0.717) is 0 Å². The Bertz CT molecular complexity index is 294. The zero-order valence-corrected chi connectivity index (χ0v) is 9.48. The average Bonchev–Trinajstić information content (AvgIpc) is 2.68. The smallest absolute Gasteiger partial charge is 0.0320 e. The van der Waals surface area contributed by atoms with Crippen molar-refractivity contribution in [3.8, 4) is 0 Å². The van der Waals surface area contributed by atoms with E-state index in [1.807, 2.05) is 0 Å². The van der Waals surface area contributed by atoms with Crippen molar-refractivity contribution in [2.75, 3.05) is 5.88 Å². The number of aryl methyl sites for hydroxylation is 1. The Labute approximate surface area is 91.3 Å². The predicted octanol–water partition coefficient (Wildman–Crippen LogP) is 4.05. The minimum Gasteiger partial charge on any atom is -0.126 e. The quantitative estimate of drug-likeness (QED) is 0.644. The van der Waals surface area contributed by atoms with Gasteiger partial charge >= 0.3 is 0 Å². The van der Waals surface area contributed by atoms with Gasteiger partial charge in [0.1, 0.15) is 0 Å². The number of benzene rings is 1. The Morgan fingerprint density at radius 3 is 2.21 bits per heavy atom. The first kappa shape index (κ1) is 10.0. The highest BCUT2D eigenvalue weighted by Gasteiger charge is 2.34. The second-order valence-corrected chi connectivity index (χ2v) is 4.75. The average molecular weight is 209 g/mol. The molecule has 0 amide bonds. The Morgan fingerprint density at radius 2 is 1.71 bits per heavy atom. The molecule has 0 N–H and O–H groups in total. The lowest BCUT2D eigenvalue weighted by Gasteiger charge is -2.26. The fourth-order valence-corrected chi connectivity index (χ4v) is 2.88. The molecule has 1 aliphatic carbocycles. The van der Waals surface area contributed by atoms with Crippen LogP contribution in [0.15, 0.2) is 24.3 Å². The molecule has 0 heterocycles. The summed E-state index contributed by atoms with van der Waals surface area (Å²) >= 11 is 6.14. The summed E-state index contributed by atoms with van der Waals surface area (Å²) in [5.74, 6) is 0.774. The molecule has 0 spiro atoms. The van der Waals surface area contributed by atoms with Crippen LogP contribution in [-0.4, -0.2) is 5.88 Å². The maximum atomic E-state index is 6.14. The molecule has 0 aliphatic heterocycles. The van der Waals surface area contributed by atoms with Gasteiger partial charge in [0.05, 0.1) is 0 Å². The topological polar surface area (TPSA) is 0 Å². The van der Waals surface area contributed by atoms with Crippen LogP contribution in [0, 0.1) is 6.92 Å². The molecule has 1 saturated carbocycles. The van der Waals surface area contributed by atoms with E-state index >= 15 is 0 Å². The Kier molecular flexibility index (Phi) is 2.83. The van der Waals surface area contributed by atoms with Crippen molar-refractivity contribution in [2.24, 2.45) is 0 Å². The fourth-order valence-electron chi connectivity index (χ4n) is 2.46. The second kappa shape index (κ2) is 3.94. The van der Waals surface area contributed by atoms with Gasteiger partial charge < -0.3 is 0 Å². The normalized spacial score (nSPS) is 19.9. The summed E-state index contributed by atoms with van der Waals surface area (Å²) in [4.78, 5) is 0. The van der Waals surface area contributed by atoms with Gasteiger partial charge in [-0.15, -0.1) is 11.6 Å². The lowest BCUT2D eigenvalue weighted by molar-refractivity contribution is 0.498. The zero-order chi connectivity index (χ0) is 10.0. The van der Waals surface area contributed by atoms with Gasteiger partial charge in [-0.05, 0) is 25.3 Å². The molecule has 1 heteroatoms. The van der Waals surface area contributed by atoms with Gasteiger partial charge in [0.25, 0.3) is 0 Å². The number of rotatable bonds is 2. The summed E-state index contributed by atoms with van der Waals surface area (Å²) in [5.41, 5.74) is 3.06. The van der Waals surface area contributed by atoms with Crippen LogP contribution in [0.4, 0.5) is 0 Å². The maximum absolute atomic E-state index is 6.14. The van der Waals surface area contributed by atoms with Crippen molar-refractivity contribution < 1.29 is 0 Å². The van der Waals surface area contributed by atoms with Crippen LogP contribution in [0.5, 0.6) is 0 Å². The Hall–Kier alpha value is -0.490. The molecule has 1 aliphatic rings. The fraction of sp³-hybridized carbons (Fsp3) is 0.538. The molecular formula is C13H17Cl. The van der Waals surface area contributed by atoms with Gasteiger partial charge in [0.2, 0.25) is 0 Å². The summed E-state index contributed by atoms with van der Waals surface area (Å²) in [6.07, 6.45) is 5.19. The molecule has 1 aromatic rings. The molecule has 0 atom stereocenters. The highest BCUT2D eigenvalue weighted by atomic mass is 35.5. The van der Waals surface area contributed by atoms with Crippen molar-refractivity contribution in [1.29, 1.82) is 0 Å². The van der Waals surface area contributed by atoms with Crippen LogP contribution in [0.3, 0.4) is 0 Å². The predicted molar refractivity (Wildman–Crippen MR) is 62.0 cm³/mol. The van der Waals surface area contributed by atoms with E-state index in [0.717, 1.165) is 5.88 Å². The summed E-state index contributed by atoms with van der Waals surface area (Å²) in [7, 11) is 0. The van der Waals surface area contributed by atoms with E-state index in [1.165, 1.54) is 36.8 Å². The van der Waals surface area contributed by atoms with E-state index in [9.17, 15) is 0 Å². The Balaban J connectivity index is 2.31. The number of halogens is 1. The van der Waals surface area contributed by atoms with Crippen molar-refractivity contribution in [3.05, 3.63) is 35.4 Å². The molecule has 0 aromatic heterocycles. The standard InChI is InChI=1S/C13H17Cl/c1-11-4-6-12(7-5-11)13(10-14)8-2-3-9-13/h4-7H,2-3,8-10H2,1H3. The van der Waals surface area contributed by atoms with Crippen LogP contribution in [0.1, 0.15) is 36.8 Å². The van der Waals surface area contributed by atoms with E-state index in [4.69, 9.17) is 11.6 Å². The lowest BCUT2D eigenvalue weighted by Crippen LogP contribution is -2.23. The van der Waals surface area contributed by atoms with Crippen LogP contribution in [-0.2, 0) is 5.41 Å². The summed E-state index contributed by atoms with van der Waals surface area (Å²) in [6.45, 7) is 2.13. The molecule has 1 fully saturated rings. The van der Waals surface area contributed by atoms with Gasteiger partial charge in [0, 0.05) is 11.3 Å². The van der Waals surface area contributed by atoms with E-state index < -0.39 is 0 Å². The molecule has 0 radical (unpaired) electrons. The lowest BCUT2D eigenvalue weighted by atomic mass is 9.80. The summed E-state index contributed by atoms with van der Waals surface area (Å²) in [5, 5.41) is 0. The van der Waals surface area contributed by atoms with E-state index in [-0.39, 0.29) is 5.41 Å². The molecular weight excluding hydrogens is 192 g/mol. The largest absolute Gasteiger partial charge is 0.126 e. The van der Waals surface area contributed by atoms with E-state index in [2.05, 4.69) is 31.2 Å². The van der Waals surface area contributed by atoms with Gasteiger partial charge in [-0.2, -0.15) is 0 Å². The summed E-state index contributed by atoms with van der Waals surface area (Å²) in [6, 6.07) is 8.90. The molecule has 76 valence electrons. The number of alkyl halides is 1. The van der Waals surface area contributed by atoms with Gasteiger partial charge in [-0.1, -0.05) is 42.7 Å². The molecule has 0 unspecified atom stereocenters. The third kappa shape index (κ3) is 1.68. The van der Waals surface area contributed by atoms with Gasteiger partial charge in [0.15, 0.2) is 0 Å². The van der Waals surface area contributed by atoms with Gasteiger partial charge in [-0.3, -0.25) is 0 Å². The van der Waals surface area contributed by atoms with Crippen LogP contribution in [0.25, 0.3) is 0 Å². The molecule has 14 heavy (non-hydrogen) atoms. The number of hydrogen-bond acceptors (Lipinski definition) is 0.